The van der Waals surface area contributed by atoms with Crippen LogP contribution in [0, 0.1) is 11.4 Å². The molecule has 0 aliphatic heterocycles. The van der Waals surface area contributed by atoms with Crippen LogP contribution in [0.25, 0.3) is 0 Å². The van der Waals surface area contributed by atoms with E-state index in [0.717, 1.165) is 0 Å². The van der Waals surface area contributed by atoms with Gasteiger partial charge in [-0.2, -0.15) is 4.73 Å². The highest BCUT2D eigenvalue weighted by molar-refractivity contribution is 4.60. The van der Waals surface area contributed by atoms with Gasteiger partial charge >= 0.3 is 0 Å². The van der Waals surface area contributed by atoms with Crippen molar-refractivity contribution in [3.63, 3.8) is 0 Å². The molecule has 0 saturated heterocycles. The van der Waals surface area contributed by atoms with Crippen molar-refractivity contribution in [2.75, 3.05) is 0 Å². The summed E-state index contributed by atoms with van der Waals surface area (Å²) in [5, 5.41) is 10.1. The Labute approximate surface area is 40.8 Å². The van der Waals surface area contributed by atoms with Gasteiger partial charge in [-0.15, -0.1) is 0 Å². The van der Waals surface area contributed by atoms with Gasteiger partial charge in [-0.3, -0.25) is 0 Å². The highest BCUT2D eigenvalue weighted by Gasteiger charge is 1.77. The molecule has 1 aromatic rings. The number of nitrogens with zero attached hydrogens (tertiary/aromatic N) is 2. The van der Waals surface area contributed by atoms with Crippen LogP contribution in [0.1, 0.15) is 0 Å². The molecule has 0 amide bonds. The maximum absolute atomic E-state index is 10.1. The second-order valence-corrected chi connectivity index (χ2v) is 1.05. The summed E-state index contributed by atoms with van der Waals surface area (Å²) in [4.78, 5) is 3.50. The van der Waals surface area contributed by atoms with E-state index < -0.39 is 0 Å². The predicted molar refractivity (Wildman–Crippen MR) is 22.0 cm³/mol. The molecule has 0 unspecified atom stereocenters. The zero-order valence-corrected chi connectivity index (χ0v) is 3.53. The lowest BCUT2D eigenvalue weighted by atomic mass is 10.8. The summed E-state index contributed by atoms with van der Waals surface area (Å²) in [6, 6.07) is 0. The zero-order chi connectivity index (χ0) is 5.11. The summed E-state index contributed by atoms with van der Waals surface area (Å²) >= 11 is 0. The maximum atomic E-state index is 10.1. The van der Waals surface area contributed by atoms with Gasteiger partial charge in [-0.1, -0.05) is 0 Å². The van der Waals surface area contributed by atoms with E-state index in [-0.39, 0.29) is 0 Å². The summed E-state index contributed by atoms with van der Waals surface area (Å²) in [5.74, 6) is 0. The molecule has 3 nitrogen and oxygen atoms in total. The Bertz CT molecular complexity index is 140. The van der Waals surface area contributed by atoms with Crippen molar-refractivity contribution >= 4 is 0 Å². The van der Waals surface area contributed by atoms with Crippen molar-refractivity contribution in [1.29, 1.82) is 0 Å². The van der Waals surface area contributed by atoms with Crippen molar-refractivity contribution in [1.82, 2.24) is 4.98 Å². The molecule has 0 bridgehead atoms. The van der Waals surface area contributed by atoms with Crippen molar-refractivity contribution in [3.05, 3.63) is 30.0 Å². The van der Waals surface area contributed by atoms with E-state index in [1.165, 1.54) is 18.6 Å². The first-order chi connectivity index (χ1) is 3.39. The largest absolute Gasteiger partial charge is 0.619 e. The Balaban J connectivity index is 3.02. The van der Waals surface area contributed by atoms with Crippen LogP contribution < -0.4 is 4.73 Å². The highest BCUT2D eigenvalue weighted by atomic mass is 16.5. The predicted octanol–water partition coefficient (Wildman–Crippen LogP) is -0.485. The fourth-order valence-corrected chi connectivity index (χ4v) is 0.275. The third-order valence-electron chi connectivity index (χ3n) is 0.548. The second-order valence-electron chi connectivity index (χ2n) is 1.05. The lowest BCUT2D eigenvalue weighted by Gasteiger charge is -1.86. The van der Waals surface area contributed by atoms with Crippen LogP contribution in [-0.2, 0) is 0 Å². The molecule has 0 saturated carbocycles. The third kappa shape index (κ3) is 0.855. The molecule has 3 heteroatoms. The summed E-state index contributed by atoms with van der Waals surface area (Å²) in [6.45, 7) is 0. The van der Waals surface area contributed by atoms with E-state index in [2.05, 4.69) is 11.2 Å². The zero-order valence-electron chi connectivity index (χ0n) is 3.53. The average molecular weight is 95.1 g/mol. The van der Waals surface area contributed by atoms with Gasteiger partial charge in [0, 0.05) is 0 Å². The highest BCUT2D eigenvalue weighted by Crippen LogP contribution is 1.62. The minimum atomic E-state index is 0.632. The van der Waals surface area contributed by atoms with Crippen LogP contribution in [0.5, 0.6) is 0 Å². The van der Waals surface area contributed by atoms with Gasteiger partial charge in [-0.25, -0.2) is 4.98 Å². The molecule has 0 fully saturated rings. The van der Waals surface area contributed by atoms with E-state index in [1.54, 1.807) is 0 Å². The van der Waals surface area contributed by atoms with E-state index >= 15 is 0 Å². The molecule has 1 rings (SSSR count). The lowest BCUT2D eigenvalue weighted by molar-refractivity contribution is -0.606. The van der Waals surface area contributed by atoms with Crippen LogP contribution in [0.3, 0.4) is 0 Å². The van der Waals surface area contributed by atoms with Gasteiger partial charge in [0.15, 0.2) is 12.4 Å². The van der Waals surface area contributed by atoms with E-state index in [9.17, 15) is 5.21 Å². The Hall–Kier alpha value is -1.12. The standard InChI is InChI=1S/C4H3N2O/c7-6-3-1-5-2-4-6/h1,3-4H. The molecule has 0 spiro atoms. The van der Waals surface area contributed by atoms with Gasteiger partial charge in [-0.05, 0) is 0 Å². The molecule has 7 heavy (non-hydrogen) atoms. The second kappa shape index (κ2) is 1.55. The summed E-state index contributed by atoms with van der Waals surface area (Å²) < 4.78 is 0.632. The maximum Gasteiger partial charge on any atom is 0.208 e. The number of hydrogen-bond donors (Lipinski definition) is 0. The lowest BCUT2D eigenvalue weighted by Crippen LogP contribution is -2.23. The summed E-state index contributed by atoms with van der Waals surface area (Å²) in [7, 11) is 0. The molecule has 0 N–H and O–H groups in total. The van der Waals surface area contributed by atoms with Crippen molar-refractivity contribution in [3.8, 4) is 0 Å². The molecule has 0 aliphatic carbocycles. The van der Waals surface area contributed by atoms with Crippen molar-refractivity contribution in [2.45, 2.75) is 0 Å². The topological polar surface area (TPSA) is 39.8 Å². The van der Waals surface area contributed by atoms with Gasteiger partial charge in [0.05, 0.1) is 6.20 Å². The van der Waals surface area contributed by atoms with E-state index in [0.29, 0.717) is 4.73 Å². The fraction of sp³-hybridized carbons (Fsp3) is 0. The van der Waals surface area contributed by atoms with Crippen molar-refractivity contribution < 1.29 is 4.73 Å². The Morgan fingerprint density at radius 3 is 2.86 bits per heavy atom. The molecule has 0 aliphatic rings. The van der Waals surface area contributed by atoms with Crippen LogP contribution in [0.2, 0.25) is 0 Å². The first-order valence-electron chi connectivity index (χ1n) is 1.80. The molecule has 35 valence electrons. The molecular weight excluding hydrogens is 92.1 g/mol. The van der Waals surface area contributed by atoms with Gasteiger partial charge in [0.1, 0.15) is 0 Å². The van der Waals surface area contributed by atoms with Crippen LogP contribution in [-0.4, -0.2) is 4.98 Å². The van der Waals surface area contributed by atoms with Crippen LogP contribution in [0.4, 0.5) is 0 Å². The minimum Gasteiger partial charge on any atom is -0.619 e. The first-order valence-corrected chi connectivity index (χ1v) is 1.80. The number of rotatable bonds is 0. The summed E-state index contributed by atoms with van der Waals surface area (Å²) in [6.07, 6.45) is 6.25. The molecule has 0 atom stereocenters. The fourth-order valence-electron chi connectivity index (χ4n) is 0.275. The van der Waals surface area contributed by atoms with Gasteiger partial charge in [0.2, 0.25) is 6.20 Å². The normalized spacial score (nSPS) is 8.57. The van der Waals surface area contributed by atoms with Crippen LogP contribution in [0.15, 0.2) is 18.6 Å². The number of aromatic nitrogens is 2. The average Bonchev–Trinajstić information content (AvgIpc) is 1.69. The molecule has 1 heterocycles. The number of hydrogen-bond acceptors (Lipinski definition) is 2. The Kier molecular flexibility index (Phi) is 0.898. The van der Waals surface area contributed by atoms with E-state index in [1.807, 2.05) is 0 Å². The quantitative estimate of drug-likeness (QED) is 0.322. The molecule has 1 aromatic heterocycles. The monoisotopic (exact) mass is 95.0 g/mol. The van der Waals surface area contributed by atoms with Gasteiger partial charge < -0.3 is 5.21 Å². The molecule has 1 radical (unpaired) electrons. The first kappa shape index (κ1) is 4.05. The Morgan fingerprint density at radius 1 is 1.71 bits per heavy atom. The smallest absolute Gasteiger partial charge is 0.208 e. The SMILES string of the molecule is [O-][n+]1c[c]ncc1. The summed E-state index contributed by atoms with van der Waals surface area (Å²) in [5.41, 5.74) is 0. The van der Waals surface area contributed by atoms with E-state index in [4.69, 9.17) is 0 Å². The van der Waals surface area contributed by atoms with Gasteiger partial charge in [0.25, 0.3) is 0 Å². The minimum absolute atomic E-state index is 0.632. The van der Waals surface area contributed by atoms with Crippen molar-refractivity contribution in [2.24, 2.45) is 0 Å². The Morgan fingerprint density at radius 2 is 2.57 bits per heavy atom. The third-order valence-corrected chi connectivity index (χ3v) is 0.548. The molecular formula is C4H3N2O. The molecule has 0 aromatic carbocycles. The van der Waals surface area contributed by atoms with Crippen LogP contribution >= 0.6 is 0 Å².